The summed E-state index contributed by atoms with van der Waals surface area (Å²) in [7, 11) is 0. The van der Waals surface area contributed by atoms with E-state index in [1.54, 1.807) is 24.3 Å². The first-order valence-electron chi connectivity index (χ1n) is 7.90. The van der Waals surface area contributed by atoms with Crippen LogP contribution in [0.15, 0.2) is 48.5 Å². The number of hydrogen-bond donors (Lipinski definition) is 2. The lowest BCUT2D eigenvalue weighted by Gasteiger charge is -2.14. The number of carbonyl (C=O) groups excluding carboxylic acids is 3. The SMILES string of the molecule is CC(=O)Nc1ccc(NC(=O)[C@@H](C)OC(=O)c2ccc([N+](=O)[O-])cc2)cc1. The summed E-state index contributed by atoms with van der Waals surface area (Å²) in [6.07, 6.45) is -1.08. The minimum Gasteiger partial charge on any atom is -0.449 e. The lowest BCUT2D eigenvalue weighted by Crippen LogP contribution is -2.30. The fourth-order valence-electron chi connectivity index (χ4n) is 2.09. The Hall–Kier alpha value is -3.75. The minimum absolute atomic E-state index is 0.0971. The van der Waals surface area contributed by atoms with Gasteiger partial charge in [-0.15, -0.1) is 0 Å². The maximum atomic E-state index is 12.1. The molecule has 1 atom stereocenters. The summed E-state index contributed by atoms with van der Waals surface area (Å²) < 4.78 is 5.07. The summed E-state index contributed by atoms with van der Waals surface area (Å²) in [5.41, 5.74) is 0.991. The molecule has 0 radical (unpaired) electrons. The standard InChI is InChI=1S/C18H17N3O6/c1-11(27-18(24)13-3-9-16(10-4-13)21(25)26)17(23)20-15-7-5-14(6-8-15)19-12(2)22/h3-11H,1-2H3,(H,19,22)(H,20,23)/t11-/m1/s1. The fourth-order valence-corrected chi connectivity index (χ4v) is 2.09. The van der Waals surface area contributed by atoms with Crippen LogP contribution in [0.25, 0.3) is 0 Å². The Bertz CT molecular complexity index is 862. The van der Waals surface area contributed by atoms with Crippen LogP contribution in [-0.2, 0) is 14.3 Å². The van der Waals surface area contributed by atoms with Crippen LogP contribution in [0, 0.1) is 10.1 Å². The highest BCUT2D eigenvalue weighted by atomic mass is 16.6. The van der Waals surface area contributed by atoms with E-state index >= 15 is 0 Å². The zero-order chi connectivity index (χ0) is 20.0. The van der Waals surface area contributed by atoms with Crippen molar-refractivity contribution < 1.29 is 24.0 Å². The van der Waals surface area contributed by atoms with Gasteiger partial charge in [-0.3, -0.25) is 19.7 Å². The lowest BCUT2D eigenvalue weighted by atomic mass is 10.2. The number of nitro benzene ring substituents is 1. The summed E-state index contributed by atoms with van der Waals surface area (Å²) >= 11 is 0. The number of non-ortho nitro benzene ring substituents is 1. The molecule has 2 aromatic rings. The molecule has 0 heterocycles. The fraction of sp³-hybridized carbons (Fsp3) is 0.167. The Labute approximate surface area is 154 Å². The van der Waals surface area contributed by atoms with Gasteiger partial charge < -0.3 is 15.4 Å². The third-order valence-corrected chi connectivity index (χ3v) is 3.44. The van der Waals surface area contributed by atoms with Crippen LogP contribution in [0.1, 0.15) is 24.2 Å². The van der Waals surface area contributed by atoms with E-state index in [4.69, 9.17) is 4.74 Å². The molecule has 9 nitrogen and oxygen atoms in total. The molecule has 0 fully saturated rings. The van der Waals surface area contributed by atoms with Gasteiger partial charge in [-0.25, -0.2) is 4.79 Å². The average Bonchev–Trinajstić information content (AvgIpc) is 2.62. The zero-order valence-electron chi connectivity index (χ0n) is 14.6. The molecule has 140 valence electrons. The molecular formula is C18H17N3O6. The molecule has 0 saturated heterocycles. The molecule has 2 rings (SSSR count). The Morgan fingerprint density at radius 3 is 1.96 bits per heavy atom. The molecule has 0 aromatic heterocycles. The monoisotopic (exact) mass is 371 g/mol. The number of nitrogens with one attached hydrogen (secondary N) is 2. The van der Waals surface area contributed by atoms with Crippen molar-refractivity contribution in [3.63, 3.8) is 0 Å². The van der Waals surface area contributed by atoms with Gasteiger partial charge in [0.25, 0.3) is 11.6 Å². The van der Waals surface area contributed by atoms with Gasteiger partial charge in [-0.1, -0.05) is 0 Å². The van der Waals surface area contributed by atoms with Gasteiger partial charge in [0.2, 0.25) is 5.91 Å². The van der Waals surface area contributed by atoms with E-state index in [1.807, 2.05) is 0 Å². The highest BCUT2D eigenvalue weighted by molar-refractivity contribution is 5.97. The predicted molar refractivity (Wildman–Crippen MR) is 97.3 cm³/mol. The van der Waals surface area contributed by atoms with Crippen LogP contribution < -0.4 is 10.6 Å². The van der Waals surface area contributed by atoms with Crippen LogP contribution in [-0.4, -0.2) is 28.8 Å². The van der Waals surface area contributed by atoms with E-state index in [0.717, 1.165) is 0 Å². The molecule has 2 amide bonds. The molecule has 0 aliphatic carbocycles. The third kappa shape index (κ3) is 5.63. The molecule has 0 aliphatic rings. The molecule has 9 heteroatoms. The van der Waals surface area contributed by atoms with E-state index in [2.05, 4.69) is 10.6 Å². The second-order valence-corrected chi connectivity index (χ2v) is 5.60. The average molecular weight is 371 g/mol. The van der Waals surface area contributed by atoms with Gasteiger partial charge in [0.15, 0.2) is 6.10 Å². The van der Waals surface area contributed by atoms with Crippen LogP contribution in [0.3, 0.4) is 0 Å². The maximum Gasteiger partial charge on any atom is 0.338 e. The van der Waals surface area contributed by atoms with Crippen molar-refractivity contribution in [3.05, 3.63) is 64.2 Å². The predicted octanol–water partition coefficient (Wildman–Crippen LogP) is 2.74. The normalized spacial score (nSPS) is 11.2. The molecule has 27 heavy (non-hydrogen) atoms. The van der Waals surface area contributed by atoms with Gasteiger partial charge in [0, 0.05) is 30.4 Å². The molecule has 0 aliphatic heterocycles. The van der Waals surface area contributed by atoms with Crippen molar-refractivity contribution >= 4 is 34.8 Å². The van der Waals surface area contributed by atoms with Crippen LogP contribution in [0.2, 0.25) is 0 Å². The van der Waals surface area contributed by atoms with E-state index in [0.29, 0.717) is 11.4 Å². The number of esters is 1. The van der Waals surface area contributed by atoms with E-state index in [-0.39, 0.29) is 17.2 Å². The smallest absolute Gasteiger partial charge is 0.338 e. The molecule has 2 aromatic carbocycles. The first-order valence-corrected chi connectivity index (χ1v) is 7.90. The summed E-state index contributed by atoms with van der Waals surface area (Å²) in [5.74, 6) is -1.52. The number of nitrogens with zero attached hydrogens (tertiary/aromatic N) is 1. The summed E-state index contributed by atoms with van der Waals surface area (Å²) in [6, 6.07) is 11.3. The van der Waals surface area contributed by atoms with Crippen molar-refractivity contribution in [3.8, 4) is 0 Å². The molecule has 2 N–H and O–H groups in total. The Kier molecular flexibility index (Phi) is 6.21. The number of anilines is 2. The van der Waals surface area contributed by atoms with Crippen molar-refractivity contribution in [1.29, 1.82) is 0 Å². The highest BCUT2D eigenvalue weighted by Crippen LogP contribution is 2.15. The zero-order valence-corrected chi connectivity index (χ0v) is 14.6. The van der Waals surface area contributed by atoms with Crippen LogP contribution in [0.5, 0.6) is 0 Å². The van der Waals surface area contributed by atoms with Crippen LogP contribution in [0.4, 0.5) is 17.1 Å². The lowest BCUT2D eigenvalue weighted by molar-refractivity contribution is -0.384. The molecule has 0 bridgehead atoms. The number of hydrogen-bond acceptors (Lipinski definition) is 6. The largest absolute Gasteiger partial charge is 0.449 e. The summed E-state index contributed by atoms with van der Waals surface area (Å²) in [5, 5.41) is 15.8. The second kappa shape index (κ2) is 8.56. The first kappa shape index (κ1) is 19.6. The third-order valence-electron chi connectivity index (χ3n) is 3.44. The van der Waals surface area contributed by atoms with Crippen molar-refractivity contribution in [2.45, 2.75) is 20.0 Å². The van der Waals surface area contributed by atoms with Crippen molar-refractivity contribution in [2.24, 2.45) is 0 Å². The van der Waals surface area contributed by atoms with Crippen molar-refractivity contribution in [2.75, 3.05) is 10.6 Å². The van der Waals surface area contributed by atoms with Gasteiger partial charge in [-0.2, -0.15) is 0 Å². The van der Waals surface area contributed by atoms with Crippen LogP contribution >= 0.6 is 0 Å². The highest BCUT2D eigenvalue weighted by Gasteiger charge is 2.19. The Balaban J connectivity index is 1.93. The van der Waals surface area contributed by atoms with Crippen molar-refractivity contribution in [1.82, 2.24) is 0 Å². The van der Waals surface area contributed by atoms with Gasteiger partial charge >= 0.3 is 5.97 Å². The number of benzene rings is 2. The number of amides is 2. The van der Waals surface area contributed by atoms with Gasteiger partial charge in [0.05, 0.1) is 10.5 Å². The Morgan fingerprint density at radius 2 is 1.48 bits per heavy atom. The van der Waals surface area contributed by atoms with E-state index in [9.17, 15) is 24.5 Å². The Morgan fingerprint density at radius 1 is 0.963 bits per heavy atom. The van der Waals surface area contributed by atoms with E-state index in [1.165, 1.54) is 38.1 Å². The van der Waals surface area contributed by atoms with Gasteiger partial charge in [-0.05, 0) is 43.3 Å². The van der Waals surface area contributed by atoms with E-state index < -0.39 is 22.9 Å². The number of ether oxygens (including phenoxy) is 1. The molecule has 0 spiro atoms. The molecule has 0 saturated carbocycles. The minimum atomic E-state index is -1.08. The van der Waals surface area contributed by atoms with Gasteiger partial charge in [0.1, 0.15) is 0 Å². The maximum absolute atomic E-state index is 12.1. The molecule has 0 unspecified atom stereocenters. The quantitative estimate of drug-likeness (QED) is 0.456. The topological polar surface area (TPSA) is 128 Å². The first-order chi connectivity index (χ1) is 12.8. The molecular weight excluding hydrogens is 354 g/mol. The second-order valence-electron chi connectivity index (χ2n) is 5.60. The number of nitro groups is 1. The number of carbonyl (C=O) groups is 3. The summed E-state index contributed by atoms with van der Waals surface area (Å²) in [4.78, 5) is 45.2. The summed E-state index contributed by atoms with van der Waals surface area (Å²) in [6.45, 7) is 2.79. The number of rotatable bonds is 6.